The van der Waals surface area contributed by atoms with Crippen molar-refractivity contribution >= 4 is 5.96 Å². The van der Waals surface area contributed by atoms with Gasteiger partial charge in [0.05, 0.1) is 6.04 Å². The summed E-state index contributed by atoms with van der Waals surface area (Å²) in [4.78, 5) is 4.32. The maximum atomic E-state index is 13.5. The number of aliphatic imine (C=N–C) groups is 1. The molecule has 1 aromatic carbocycles. The van der Waals surface area contributed by atoms with Gasteiger partial charge in [-0.05, 0) is 51.8 Å². The van der Waals surface area contributed by atoms with Gasteiger partial charge in [-0.3, -0.25) is 0 Å². The van der Waals surface area contributed by atoms with Gasteiger partial charge in [0.25, 0.3) is 0 Å². The van der Waals surface area contributed by atoms with Crippen molar-refractivity contribution in [3.8, 4) is 0 Å². The number of halogens is 1. The second kappa shape index (κ2) is 5.38. The molecule has 0 aliphatic rings. The molecule has 1 rings (SSSR count). The number of aryl methyl sites for hydroxylation is 1. The zero-order valence-electron chi connectivity index (χ0n) is 11.7. The molecule has 0 aromatic heterocycles. The van der Waals surface area contributed by atoms with Gasteiger partial charge in [-0.25, -0.2) is 9.38 Å². The van der Waals surface area contributed by atoms with Gasteiger partial charge in [0.2, 0.25) is 0 Å². The highest BCUT2D eigenvalue weighted by Crippen LogP contribution is 2.19. The summed E-state index contributed by atoms with van der Waals surface area (Å²) in [5, 5.41) is 3.08. The monoisotopic (exact) mass is 251 g/mol. The zero-order valence-corrected chi connectivity index (χ0v) is 11.7. The Labute approximate surface area is 108 Å². The Morgan fingerprint density at radius 3 is 2.50 bits per heavy atom. The summed E-state index contributed by atoms with van der Waals surface area (Å²) < 4.78 is 13.5. The molecule has 0 saturated carbocycles. The number of nitrogens with one attached hydrogen (secondary N) is 1. The molecule has 100 valence electrons. The maximum Gasteiger partial charge on any atom is 0.189 e. The smallest absolute Gasteiger partial charge is 0.189 e. The van der Waals surface area contributed by atoms with Crippen molar-refractivity contribution < 1.29 is 4.39 Å². The fourth-order valence-corrected chi connectivity index (χ4v) is 1.57. The van der Waals surface area contributed by atoms with Gasteiger partial charge in [-0.1, -0.05) is 12.1 Å². The van der Waals surface area contributed by atoms with Crippen LogP contribution in [0.3, 0.4) is 0 Å². The Bertz CT molecular complexity index is 447. The van der Waals surface area contributed by atoms with E-state index >= 15 is 0 Å². The number of hydrogen-bond donors (Lipinski definition) is 2. The van der Waals surface area contributed by atoms with E-state index in [-0.39, 0.29) is 17.4 Å². The Kier molecular flexibility index (Phi) is 4.33. The van der Waals surface area contributed by atoms with Crippen LogP contribution in [0.15, 0.2) is 23.2 Å². The van der Waals surface area contributed by atoms with E-state index in [4.69, 9.17) is 5.73 Å². The summed E-state index contributed by atoms with van der Waals surface area (Å²) in [5.74, 6) is 0.160. The summed E-state index contributed by atoms with van der Waals surface area (Å²) in [6, 6.07) is 4.96. The first-order chi connectivity index (χ1) is 8.19. The van der Waals surface area contributed by atoms with Crippen molar-refractivity contribution in [2.75, 3.05) is 0 Å². The molecule has 1 aromatic rings. The lowest BCUT2D eigenvalue weighted by atomic mass is 10.1. The Hall–Kier alpha value is -1.58. The molecule has 3 N–H and O–H groups in total. The van der Waals surface area contributed by atoms with E-state index < -0.39 is 0 Å². The van der Waals surface area contributed by atoms with Crippen molar-refractivity contribution in [2.45, 2.75) is 46.2 Å². The van der Waals surface area contributed by atoms with E-state index in [1.807, 2.05) is 33.8 Å². The lowest BCUT2D eigenvalue weighted by Gasteiger charge is -2.22. The third-order valence-electron chi connectivity index (χ3n) is 2.51. The van der Waals surface area contributed by atoms with Crippen LogP contribution < -0.4 is 11.1 Å². The highest BCUT2D eigenvalue weighted by Gasteiger charge is 2.12. The van der Waals surface area contributed by atoms with E-state index in [0.29, 0.717) is 11.5 Å². The molecule has 0 aliphatic carbocycles. The number of hydrogen-bond acceptors (Lipinski definition) is 1. The molecule has 0 spiro atoms. The highest BCUT2D eigenvalue weighted by atomic mass is 19.1. The van der Waals surface area contributed by atoms with Crippen LogP contribution in [-0.4, -0.2) is 11.5 Å². The number of benzene rings is 1. The second-order valence-corrected chi connectivity index (χ2v) is 5.57. The molecule has 0 aliphatic heterocycles. The average molecular weight is 251 g/mol. The quantitative estimate of drug-likeness (QED) is 0.627. The van der Waals surface area contributed by atoms with Crippen molar-refractivity contribution in [3.05, 3.63) is 35.1 Å². The fraction of sp³-hybridized carbons (Fsp3) is 0.500. The Balaban J connectivity index is 2.84. The number of rotatable bonds is 2. The summed E-state index contributed by atoms with van der Waals surface area (Å²) >= 11 is 0. The third-order valence-corrected chi connectivity index (χ3v) is 2.51. The minimum atomic E-state index is -0.211. The van der Waals surface area contributed by atoms with Crippen LogP contribution in [-0.2, 0) is 0 Å². The van der Waals surface area contributed by atoms with Crippen molar-refractivity contribution in [3.63, 3.8) is 0 Å². The van der Waals surface area contributed by atoms with Gasteiger partial charge in [0.15, 0.2) is 5.96 Å². The molecule has 0 fully saturated rings. The topological polar surface area (TPSA) is 50.4 Å². The molecule has 4 heteroatoms. The molecular weight excluding hydrogens is 229 g/mol. The van der Waals surface area contributed by atoms with Gasteiger partial charge in [0.1, 0.15) is 5.82 Å². The van der Waals surface area contributed by atoms with Crippen LogP contribution in [0.2, 0.25) is 0 Å². The second-order valence-electron chi connectivity index (χ2n) is 5.57. The molecular formula is C14H22FN3. The average Bonchev–Trinajstić information content (AvgIpc) is 2.18. The van der Waals surface area contributed by atoms with Crippen LogP contribution in [0.5, 0.6) is 0 Å². The van der Waals surface area contributed by atoms with Gasteiger partial charge in [0, 0.05) is 5.54 Å². The van der Waals surface area contributed by atoms with E-state index in [1.165, 1.54) is 6.07 Å². The molecule has 1 unspecified atom stereocenters. The minimum absolute atomic E-state index is 0.133. The summed E-state index contributed by atoms with van der Waals surface area (Å²) in [6.45, 7) is 9.65. The molecule has 18 heavy (non-hydrogen) atoms. The predicted molar refractivity (Wildman–Crippen MR) is 74.1 cm³/mol. The first-order valence-electron chi connectivity index (χ1n) is 6.06. The largest absolute Gasteiger partial charge is 0.370 e. The minimum Gasteiger partial charge on any atom is -0.370 e. The fourth-order valence-electron chi connectivity index (χ4n) is 1.57. The molecule has 0 heterocycles. The van der Waals surface area contributed by atoms with Crippen molar-refractivity contribution in [1.82, 2.24) is 5.32 Å². The summed E-state index contributed by atoms with van der Waals surface area (Å²) in [6.07, 6.45) is 0. The lowest BCUT2D eigenvalue weighted by molar-refractivity contribution is 0.506. The molecule has 0 amide bonds. The first kappa shape index (κ1) is 14.5. The van der Waals surface area contributed by atoms with Crippen molar-refractivity contribution in [1.29, 1.82) is 0 Å². The molecule has 0 saturated heterocycles. The van der Waals surface area contributed by atoms with Crippen LogP contribution in [0.1, 0.15) is 44.9 Å². The van der Waals surface area contributed by atoms with Crippen molar-refractivity contribution in [2.24, 2.45) is 10.7 Å². The van der Waals surface area contributed by atoms with Crippen LogP contribution in [0, 0.1) is 12.7 Å². The molecule has 3 nitrogen and oxygen atoms in total. The summed E-state index contributed by atoms with van der Waals surface area (Å²) in [7, 11) is 0. The maximum absolute atomic E-state index is 13.5. The van der Waals surface area contributed by atoms with E-state index in [9.17, 15) is 4.39 Å². The Morgan fingerprint density at radius 2 is 2.00 bits per heavy atom. The van der Waals surface area contributed by atoms with E-state index in [2.05, 4.69) is 10.3 Å². The van der Waals surface area contributed by atoms with Crippen LogP contribution in [0.25, 0.3) is 0 Å². The number of nitrogens with two attached hydrogens (primary N) is 1. The Morgan fingerprint density at radius 1 is 1.39 bits per heavy atom. The van der Waals surface area contributed by atoms with Crippen LogP contribution in [0.4, 0.5) is 4.39 Å². The standard InChI is InChI=1S/C14H22FN3/c1-9-6-7-11(8-12(9)15)10(2)17-13(16)18-14(3,4)5/h6-8,10H,1-5H3,(H3,16,17,18). The highest BCUT2D eigenvalue weighted by molar-refractivity contribution is 5.78. The van der Waals surface area contributed by atoms with Gasteiger partial charge in [-0.15, -0.1) is 0 Å². The summed E-state index contributed by atoms with van der Waals surface area (Å²) in [5.41, 5.74) is 7.13. The van der Waals surface area contributed by atoms with E-state index in [0.717, 1.165) is 5.56 Å². The normalized spacial score (nSPS) is 14.4. The third kappa shape index (κ3) is 4.35. The molecule has 0 radical (unpaired) electrons. The number of guanidine groups is 1. The van der Waals surface area contributed by atoms with Gasteiger partial charge >= 0.3 is 0 Å². The number of nitrogens with zero attached hydrogens (tertiary/aromatic N) is 1. The van der Waals surface area contributed by atoms with E-state index in [1.54, 1.807) is 13.0 Å². The predicted octanol–water partition coefficient (Wildman–Crippen LogP) is 2.90. The zero-order chi connectivity index (χ0) is 13.9. The SMILES string of the molecule is Cc1ccc(C(C)N=C(N)NC(C)(C)C)cc1F. The van der Waals surface area contributed by atoms with Crippen LogP contribution >= 0.6 is 0 Å². The van der Waals surface area contributed by atoms with Gasteiger partial charge in [-0.2, -0.15) is 0 Å². The first-order valence-corrected chi connectivity index (χ1v) is 6.06. The molecule has 0 bridgehead atoms. The molecule has 1 atom stereocenters. The van der Waals surface area contributed by atoms with Gasteiger partial charge < -0.3 is 11.1 Å². The lowest BCUT2D eigenvalue weighted by Crippen LogP contribution is -2.45.